The maximum Gasteiger partial charge on any atom is 0.382 e. The fourth-order valence-electron chi connectivity index (χ4n) is 2.61. The minimum Gasteiger partial charge on any atom is -0.353 e. The summed E-state index contributed by atoms with van der Waals surface area (Å²) in [5.41, 5.74) is 2.78. The van der Waals surface area contributed by atoms with Crippen molar-refractivity contribution < 1.29 is 24.0 Å². The van der Waals surface area contributed by atoms with Crippen molar-refractivity contribution in [3.05, 3.63) is 23.3 Å². The highest BCUT2D eigenvalue weighted by Crippen LogP contribution is 2.55. The lowest BCUT2D eigenvalue weighted by atomic mass is 10.1. The van der Waals surface area contributed by atoms with Gasteiger partial charge in [0.1, 0.15) is 0 Å². The fourth-order valence-corrected chi connectivity index (χ4v) is 5.35. The number of hydrogen-bond acceptors (Lipinski definition) is 3. The summed E-state index contributed by atoms with van der Waals surface area (Å²) in [6.07, 6.45) is 12.1. The molecular weight excluding hydrogens is 358 g/mol. The van der Waals surface area contributed by atoms with Crippen LogP contribution in [0.15, 0.2) is 23.3 Å². The van der Waals surface area contributed by atoms with E-state index in [0.29, 0.717) is 6.42 Å². The molecule has 0 heterocycles. The Hall–Kier alpha value is -0.310. The predicted molar refractivity (Wildman–Crippen MR) is 105 cm³/mol. The zero-order chi connectivity index (χ0) is 19.3. The van der Waals surface area contributed by atoms with Gasteiger partial charge in [0.2, 0.25) is 6.35 Å². The van der Waals surface area contributed by atoms with Gasteiger partial charge in [-0.2, -0.15) is 0 Å². The van der Waals surface area contributed by atoms with E-state index in [0.717, 1.165) is 44.9 Å². The molecule has 0 bridgehead atoms. The summed E-state index contributed by atoms with van der Waals surface area (Å²) in [4.78, 5) is 18.4. The Morgan fingerprint density at radius 1 is 1.00 bits per heavy atom. The van der Waals surface area contributed by atoms with Gasteiger partial charge in [-0.3, -0.25) is 4.57 Å². The third kappa shape index (κ3) is 13.5. The Kier molecular flexibility index (Phi) is 13.7. The quantitative estimate of drug-likeness (QED) is 0.200. The fraction of sp³-hybridized carbons (Fsp3) is 0.778. The van der Waals surface area contributed by atoms with Gasteiger partial charge in [-0.15, -0.1) is 0 Å². The van der Waals surface area contributed by atoms with E-state index in [-0.39, 0.29) is 6.42 Å². The Morgan fingerprint density at radius 3 is 2.16 bits per heavy atom. The van der Waals surface area contributed by atoms with Crippen molar-refractivity contribution in [1.82, 2.24) is 0 Å². The maximum absolute atomic E-state index is 11.5. The van der Waals surface area contributed by atoms with Gasteiger partial charge in [-0.1, -0.05) is 47.1 Å². The number of aliphatic hydroxyl groups excluding tert-OH is 1. The van der Waals surface area contributed by atoms with Crippen molar-refractivity contribution in [2.45, 2.75) is 84.0 Å². The Labute approximate surface area is 153 Å². The molecule has 5 nitrogen and oxygen atoms in total. The van der Waals surface area contributed by atoms with Crippen molar-refractivity contribution in [3.63, 3.8) is 0 Å². The molecule has 0 aliphatic heterocycles. The van der Waals surface area contributed by atoms with Crippen LogP contribution in [0.3, 0.4) is 0 Å². The minimum atomic E-state index is -4.40. The van der Waals surface area contributed by atoms with E-state index in [1.165, 1.54) is 11.1 Å². The van der Waals surface area contributed by atoms with Crippen LogP contribution < -0.4 is 0 Å². The van der Waals surface area contributed by atoms with E-state index in [4.69, 9.17) is 5.11 Å². The molecule has 0 aromatic carbocycles. The molecule has 0 aliphatic rings. The minimum absolute atomic E-state index is 0.212. The van der Waals surface area contributed by atoms with Crippen LogP contribution in [0.4, 0.5) is 0 Å². The van der Waals surface area contributed by atoms with Crippen LogP contribution in [-0.4, -0.2) is 26.6 Å². The summed E-state index contributed by atoms with van der Waals surface area (Å²) >= 11 is 0. The molecule has 2 unspecified atom stereocenters. The lowest BCUT2D eigenvalue weighted by molar-refractivity contribution is 0.349. The van der Waals surface area contributed by atoms with Crippen molar-refractivity contribution in [2.75, 3.05) is 6.35 Å². The summed E-state index contributed by atoms with van der Waals surface area (Å²) in [5, 5.41) is 7.66. The first-order chi connectivity index (χ1) is 11.7. The van der Waals surface area contributed by atoms with Crippen LogP contribution in [0.2, 0.25) is 0 Å². The first-order valence-corrected chi connectivity index (χ1v) is 12.3. The first-order valence-electron chi connectivity index (χ1n) is 9.07. The van der Waals surface area contributed by atoms with Gasteiger partial charge < -0.3 is 14.9 Å². The molecule has 0 aromatic rings. The largest absolute Gasteiger partial charge is 0.382 e. The topological polar surface area (TPSA) is 94.8 Å². The molecule has 0 amide bonds. The van der Waals surface area contributed by atoms with Crippen molar-refractivity contribution in [3.8, 4) is 0 Å². The molecule has 0 aliphatic carbocycles. The van der Waals surface area contributed by atoms with E-state index in [1.807, 2.05) is 0 Å². The van der Waals surface area contributed by atoms with Crippen LogP contribution in [-0.2, 0) is 9.13 Å². The first kappa shape index (κ1) is 24.7. The summed E-state index contributed by atoms with van der Waals surface area (Å²) in [6.45, 7) is 6.40. The molecular formula is C18H35O5P2+. The number of unbranched alkanes of at least 4 members (excludes halogenated alkanes) is 5. The van der Waals surface area contributed by atoms with Crippen LogP contribution in [0, 0.1) is 0 Å². The molecule has 146 valence electrons. The van der Waals surface area contributed by atoms with Gasteiger partial charge in [0.05, 0.1) is 0 Å². The molecule has 2 atom stereocenters. The lowest BCUT2D eigenvalue weighted by Crippen LogP contribution is -2.05. The molecule has 0 saturated carbocycles. The van der Waals surface area contributed by atoms with Gasteiger partial charge in [-0.05, 0) is 52.9 Å². The average molecular weight is 393 g/mol. The van der Waals surface area contributed by atoms with Gasteiger partial charge >= 0.3 is 15.4 Å². The summed E-state index contributed by atoms with van der Waals surface area (Å²) < 4.78 is 22.8. The zero-order valence-corrected chi connectivity index (χ0v) is 17.6. The zero-order valence-electron chi connectivity index (χ0n) is 15.9. The molecule has 0 radical (unpaired) electrons. The van der Waals surface area contributed by atoms with E-state index < -0.39 is 27.1 Å². The number of allylic oxidation sites excluding steroid dienone is 4. The van der Waals surface area contributed by atoms with E-state index in [9.17, 15) is 18.9 Å². The van der Waals surface area contributed by atoms with Crippen LogP contribution in [0.1, 0.15) is 78.6 Å². The monoisotopic (exact) mass is 393 g/mol. The van der Waals surface area contributed by atoms with E-state index in [1.54, 1.807) is 0 Å². The van der Waals surface area contributed by atoms with Gasteiger partial charge in [-0.25, -0.2) is 0 Å². The highest BCUT2D eigenvalue weighted by molar-refractivity contribution is 7.67. The molecule has 3 N–H and O–H groups in total. The van der Waals surface area contributed by atoms with Gasteiger partial charge in [0, 0.05) is 6.42 Å². The molecule has 0 fully saturated rings. The normalized spacial score (nSPS) is 14.3. The van der Waals surface area contributed by atoms with Crippen LogP contribution in [0.25, 0.3) is 0 Å². The van der Waals surface area contributed by atoms with E-state index >= 15 is 0 Å². The van der Waals surface area contributed by atoms with Crippen molar-refractivity contribution in [1.29, 1.82) is 0 Å². The SMILES string of the molecule is CC(C)=CCC/C(C)=C/CCCCCCCC([P+](=O)CO)P(=O)(O)O. The summed E-state index contributed by atoms with van der Waals surface area (Å²) in [5.74, 6) is 0. The molecule has 25 heavy (non-hydrogen) atoms. The number of hydrogen-bond donors (Lipinski definition) is 3. The highest BCUT2D eigenvalue weighted by Gasteiger charge is 2.43. The second kappa shape index (κ2) is 13.8. The maximum atomic E-state index is 11.5. The third-order valence-corrected chi connectivity index (χ3v) is 8.02. The van der Waals surface area contributed by atoms with Gasteiger partial charge in [0.15, 0.2) is 0 Å². The summed E-state index contributed by atoms with van der Waals surface area (Å²) in [7, 11) is -6.64. The third-order valence-electron chi connectivity index (χ3n) is 4.11. The molecule has 0 saturated heterocycles. The Bertz CT molecular complexity index is 490. The van der Waals surface area contributed by atoms with Crippen molar-refractivity contribution >= 4 is 15.4 Å². The molecule has 0 spiro atoms. The number of aliphatic hydroxyl groups is 1. The predicted octanol–water partition coefficient (Wildman–Crippen LogP) is 5.69. The highest BCUT2D eigenvalue weighted by atomic mass is 31.2. The molecule has 0 aromatic heterocycles. The van der Waals surface area contributed by atoms with Crippen LogP contribution in [0.5, 0.6) is 0 Å². The number of rotatable bonds is 14. The molecule has 7 heteroatoms. The smallest absolute Gasteiger partial charge is 0.353 e. The van der Waals surface area contributed by atoms with E-state index in [2.05, 4.69) is 32.9 Å². The van der Waals surface area contributed by atoms with Gasteiger partial charge in [0.25, 0.3) is 5.40 Å². The Balaban J connectivity index is 3.84. The lowest BCUT2D eigenvalue weighted by Gasteiger charge is -2.08. The second-order valence-corrected chi connectivity index (χ2v) is 10.8. The van der Waals surface area contributed by atoms with Crippen molar-refractivity contribution in [2.24, 2.45) is 0 Å². The second-order valence-electron chi connectivity index (χ2n) is 6.84. The summed E-state index contributed by atoms with van der Waals surface area (Å²) in [6, 6.07) is 0. The molecule has 0 rings (SSSR count). The van der Waals surface area contributed by atoms with Crippen LogP contribution >= 0.6 is 15.4 Å². The average Bonchev–Trinajstić information content (AvgIpc) is 2.51. The standard InChI is InChI=1S/C18H34O5P2/c1-16(2)11-10-13-17(3)12-8-6-4-5-7-9-14-18(24(20)15-19)25(21,22)23/h11-12,18-19H,4-10,13-15H2,1-3H3,(H-,21,22,23)/p+1/b17-12+. The Morgan fingerprint density at radius 2 is 1.60 bits per heavy atom.